The highest BCUT2D eigenvalue weighted by molar-refractivity contribution is 7.09. The van der Waals surface area contributed by atoms with Gasteiger partial charge in [0.05, 0.1) is 23.9 Å². The minimum absolute atomic E-state index is 0.105. The van der Waals surface area contributed by atoms with Gasteiger partial charge in [0.15, 0.2) is 11.6 Å². The van der Waals surface area contributed by atoms with Crippen molar-refractivity contribution in [3.63, 3.8) is 0 Å². The van der Waals surface area contributed by atoms with E-state index in [0.717, 1.165) is 50.0 Å². The molecule has 0 bridgehead atoms. The van der Waals surface area contributed by atoms with Crippen molar-refractivity contribution >= 4 is 11.3 Å². The number of ether oxygens (including phenoxy) is 3. The molecule has 2 aromatic rings. The van der Waals surface area contributed by atoms with Crippen molar-refractivity contribution in [2.24, 2.45) is 11.7 Å². The maximum Gasteiger partial charge on any atom is 0.201 e. The number of hydrogen-bond acceptors (Lipinski definition) is 6. The van der Waals surface area contributed by atoms with Crippen LogP contribution in [0.4, 0.5) is 8.78 Å². The predicted octanol–water partition coefficient (Wildman–Crippen LogP) is 3.80. The molecule has 0 radical (unpaired) electrons. The second-order valence-electron chi connectivity index (χ2n) is 6.71. The molecule has 1 saturated heterocycles. The number of hydrogen-bond donors (Lipinski definition) is 1. The minimum atomic E-state index is -1.01. The van der Waals surface area contributed by atoms with Gasteiger partial charge in [0.25, 0.3) is 0 Å². The van der Waals surface area contributed by atoms with E-state index in [-0.39, 0.29) is 19.0 Å². The van der Waals surface area contributed by atoms with Gasteiger partial charge in [0.2, 0.25) is 5.82 Å². The first-order valence-electron chi connectivity index (χ1n) is 9.60. The van der Waals surface area contributed by atoms with Crippen molar-refractivity contribution in [1.82, 2.24) is 4.98 Å². The van der Waals surface area contributed by atoms with E-state index in [1.165, 1.54) is 17.4 Å². The second-order valence-corrected chi connectivity index (χ2v) is 7.65. The highest BCUT2D eigenvalue weighted by Gasteiger charge is 2.19. The summed E-state index contributed by atoms with van der Waals surface area (Å²) in [6.45, 7) is 2.81. The van der Waals surface area contributed by atoms with E-state index in [4.69, 9.17) is 19.9 Å². The largest absolute Gasteiger partial charge is 0.487 e. The molecule has 1 aromatic heterocycles. The Labute approximate surface area is 167 Å². The van der Waals surface area contributed by atoms with Gasteiger partial charge in [-0.3, -0.25) is 0 Å². The number of nitrogens with zero attached hydrogens (tertiary/aromatic N) is 1. The summed E-state index contributed by atoms with van der Waals surface area (Å²) >= 11 is 1.53. The molecule has 28 heavy (non-hydrogen) atoms. The maximum atomic E-state index is 14.3. The van der Waals surface area contributed by atoms with Crippen LogP contribution in [0.5, 0.6) is 5.75 Å². The zero-order valence-electron chi connectivity index (χ0n) is 15.8. The van der Waals surface area contributed by atoms with Gasteiger partial charge in [-0.05, 0) is 43.7 Å². The van der Waals surface area contributed by atoms with Gasteiger partial charge in [-0.1, -0.05) is 0 Å². The molecule has 0 amide bonds. The molecule has 0 unspecified atom stereocenters. The van der Waals surface area contributed by atoms with Crippen LogP contribution >= 0.6 is 11.3 Å². The molecule has 8 heteroatoms. The molecule has 3 rings (SSSR count). The zero-order chi connectivity index (χ0) is 19.8. The summed E-state index contributed by atoms with van der Waals surface area (Å²) in [6, 6.07) is 2.61. The predicted molar refractivity (Wildman–Crippen MR) is 105 cm³/mol. The Hall–Kier alpha value is -1.61. The first-order valence-corrected chi connectivity index (χ1v) is 10.5. The lowest BCUT2D eigenvalue weighted by Gasteiger charge is -2.21. The SMILES string of the molecule is NCCOCCOc1c(-c2csc(CCC3CCOCC3)n2)ccc(F)c1F. The fourth-order valence-corrected chi connectivity index (χ4v) is 3.99. The molecule has 0 saturated carbocycles. The summed E-state index contributed by atoms with van der Waals surface area (Å²) in [6.07, 6.45) is 4.12. The molecular formula is C20H26F2N2O3S. The van der Waals surface area contributed by atoms with Gasteiger partial charge < -0.3 is 19.9 Å². The maximum absolute atomic E-state index is 14.3. The zero-order valence-corrected chi connectivity index (χ0v) is 16.6. The molecule has 1 fully saturated rings. The molecule has 1 aromatic carbocycles. The van der Waals surface area contributed by atoms with Crippen LogP contribution < -0.4 is 10.5 Å². The summed E-state index contributed by atoms with van der Waals surface area (Å²) in [4.78, 5) is 4.62. The van der Waals surface area contributed by atoms with Gasteiger partial charge in [-0.15, -0.1) is 11.3 Å². The van der Waals surface area contributed by atoms with Crippen molar-refractivity contribution in [3.05, 3.63) is 34.2 Å². The highest BCUT2D eigenvalue weighted by Crippen LogP contribution is 2.35. The molecule has 0 atom stereocenters. The van der Waals surface area contributed by atoms with E-state index in [1.54, 1.807) is 0 Å². The summed E-state index contributed by atoms with van der Waals surface area (Å²) in [5.41, 5.74) is 6.40. The van der Waals surface area contributed by atoms with E-state index in [9.17, 15) is 8.78 Å². The normalized spacial score (nSPS) is 15.1. The standard InChI is InChI=1S/C20H26F2N2O3S/c21-16-3-2-15(20(19(16)22)27-12-11-26-10-7-23)17-13-28-18(24-17)4-1-14-5-8-25-9-6-14/h2-3,13-14H,1,4-12,23H2. The van der Waals surface area contributed by atoms with E-state index < -0.39 is 11.6 Å². The molecule has 154 valence electrons. The third kappa shape index (κ3) is 5.70. The van der Waals surface area contributed by atoms with Crippen molar-refractivity contribution in [2.45, 2.75) is 25.7 Å². The first-order chi connectivity index (χ1) is 13.7. The Balaban J connectivity index is 1.66. The number of halogens is 2. The van der Waals surface area contributed by atoms with Gasteiger partial charge in [0.1, 0.15) is 6.61 Å². The summed E-state index contributed by atoms with van der Waals surface area (Å²) in [5.74, 6) is -1.42. The van der Waals surface area contributed by atoms with E-state index in [2.05, 4.69) is 4.98 Å². The van der Waals surface area contributed by atoms with Crippen LogP contribution in [-0.2, 0) is 15.9 Å². The van der Waals surface area contributed by atoms with Crippen LogP contribution in [-0.4, -0.2) is 44.6 Å². The number of benzene rings is 1. The van der Waals surface area contributed by atoms with Crippen LogP contribution in [0.3, 0.4) is 0 Å². The fourth-order valence-electron chi connectivity index (χ4n) is 3.17. The summed E-state index contributed by atoms with van der Waals surface area (Å²) in [7, 11) is 0. The van der Waals surface area contributed by atoms with Gasteiger partial charge in [0, 0.05) is 30.7 Å². The lowest BCUT2D eigenvalue weighted by atomic mass is 9.95. The molecule has 2 N–H and O–H groups in total. The Morgan fingerprint density at radius 2 is 2.00 bits per heavy atom. The number of aromatic nitrogens is 1. The summed E-state index contributed by atoms with van der Waals surface area (Å²) < 4.78 is 44.1. The molecule has 2 heterocycles. The molecule has 0 spiro atoms. The summed E-state index contributed by atoms with van der Waals surface area (Å²) in [5, 5.41) is 2.85. The molecule has 1 aliphatic rings. The molecular weight excluding hydrogens is 386 g/mol. The van der Waals surface area contributed by atoms with E-state index in [1.807, 2.05) is 5.38 Å². The first kappa shape index (κ1) is 21.1. The lowest BCUT2D eigenvalue weighted by Crippen LogP contribution is -2.16. The highest BCUT2D eigenvalue weighted by atomic mass is 32.1. The lowest BCUT2D eigenvalue weighted by molar-refractivity contribution is 0.0640. The van der Waals surface area contributed by atoms with Crippen molar-refractivity contribution in [2.75, 3.05) is 39.6 Å². The Morgan fingerprint density at radius 1 is 1.18 bits per heavy atom. The number of rotatable bonds is 10. The molecule has 5 nitrogen and oxygen atoms in total. The van der Waals surface area contributed by atoms with Crippen molar-refractivity contribution in [1.29, 1.82) is 0 Å². The van der Waals surface area contributed by atoms with Crippen molar-refractivity contribution < 1.29 is 23.0 Å². The van der Waals surface area contributed by atoms with E-state index in [0.29, 0.717) is 30.3 Å². The Bertz CT molecular complexity index is 751. The number of thiazole rings is 1. The third-order valence-electron chi connectivity index (χ3n) is 4.72. The minimum Gasteiger partial charge on any atom is -0.487 e. The second kappa shape index (κ2) is 10.8. The topological polar surface area (TPSA) is 66.6 Å². The average molecular weight is 413 g/mol. The quantitative estimate of drug-likeness (QED) is 0.601. The smallest absolute Gasteiger partial charge is 0.201 e. The third-order valence-corrected chi connectivity index (χ3v) is 5.63. The number of nitrogens with two attached hydrogens (primary N) is 1. The van der Waals surface area contributed by atoms with Crippen LogP contribution in [0, 0.1) is 17.6 Å². The van der Waals surface area contributed by atoms with Gasteiger partial charge in [-0.2, -0.15) is 4.39 Å². The Kier molecular flexibility index (Phi) is 8.14. The van der Waals surface area contributed by atoms with Gasteiger partial charge >= 0.3 is 0 Å². The van der Waals surface area contributed by atoms with Gasteiger partial charge in [-0.25, -0.2) is 9.37 Å². The van der Waals surface area contributed by atoms with Crippen LogP contribution in [0.25, 0.3) is 11.3 Å². The van der Waals surface area contributed by atoms with Crippen LogP contribution in [0.1, 0.15) is 24.3 Å². The number of aryl methyl sites for hydroxylation is 1. The molecule has 0 aliphatic carbocycles. The monoisotopic (exact) mass is 412 g/mol. The van der Waals surface area contributed by atoms with Crippen molar-refractivity contribution in [3.8, 4) is 17.0 Å². The fraction of sp³-hybridized carbons (Fsp3) is 0.550. The average Bonchev–Trinajstić information content (AvgIpc) is 3.19. The Morgan fingerprint density at radius 3 is 2.79 bits per heavy atom. The van der Waals surface area contributed by atoms with E-state index >= 15 is 0 Å². The molecule has 1 aliphatic heterocycles. The van der Waals surface area contributed by atoms with Crippen LogP contribution in [0.15, 0.2) is 17.5 Å². The van der Waals surface area contributed by atoms with Crippen LogP contribution in [0.2, 0.25) is 0 Å².